The predicted octanol–water partition coefficient (Wildman–Crippen LogP) is 4.19. The molecule has 3 aliphatic rings. The number of allylic oxidation sites excluding steroid dienone is 1. The maximum atomic E-state index is 15.0. The van der Waals surface area contributed by atoms with E-state index in [1.54, 1.807) is 47.6 Å². The molecule has 8 atom stereocenters. The number of methoxy groups -OCH3 is 1. The maximum Gasteiger partial charge on any atom is 0.336 e. The highest BCUT2D eigenvalue weighted by Crippen LogP contribution is 2.50. The van der Waals surface area contributed by atoms with Gasteiger partial charge in [0, 0.05) is 99.4 Å². The lowest BCUT2D eigenvalue weighted by molar-refractivity contribution is -0.163. The van der Waals surface area contributed by atoms with E-state index in [1.165, 1.54) is 32.4 Å². The summed E-state index contributed by atoms with van der Waals surface area (Å²) in [6, 6.07) is 0. The van der Waals surface area contributed by atoms with Crippen molar-refractivity contribution in [2.45, 2.75) is 124 Å². The fraction of sp³-hybridized carbons (Fsp3) is 0.608. The second-order valence-corrected chi connectivity index (χ2v) is 19.5. The molecule has 5 rings (SSSR count). The number of hydrogen-bond donors (Lipinski definition) is 6. The van der Waals surface area contributed by atoms with Crippen molar-refractivity contribution in [3.8, 4) is 17.2 Å². The number of aliphatic hydroxyl groups excluding tert-OH is 2. The molecule has 69 heavy (non-hydrogen) atoms. The Morgan fingerprint density at radius 3 is 2.20 bits per heavy atom. The van der Waals surface area contributed by atoms with Crippen LogP contribution < -0.4 is 26.1 Å². The number of rotatable bonds is 22. The Hall–Kier alpha value is -5.40. The third kappa shape index (κ3) is 11.6. The van der Waals surface area contributed by atoms with Crippen LogP contribution in [0.1, 0.15) is 97.0 Å². The minimum absolute atomic E-state index is 0.0330. The van der Waals surface area contributed by atoms with Crippen LogP contribution >= 0.6 is 0 Å². The molecule has 0 aromatic heterocycles. The van der Waals surface area contributed by atoms with Crippen LogP contribution in [0.2, 0.25) is 0 Å². The Morgan fingerprint density at radius 2 is 1.62 bits per heavy atom. The number of Topliss-reactive ketones (excluding diaryl/α,β-unsaturated/α-hetero) is 1. The second kappa shape index (κ2) is 22.6. The molecule has 380 valence electrons. The monoisotopic (exact) mass is 963 g/mol. The molecule has 0 saturated carbocycles. The number of benzene rings is 2. The largest absolute Gasteiger partial charge is 0.507 e. The molecule has 18 heteroatoms. The number of piperidine rings is 1. The molecule has 1 fully saturated rings. The number of carbonyl (C=O) groups is 4. The highest BCUT2D eigenvalue weighted by Gasteiger charge is 2.52. The standard InChI is InChI=1S/C51H74N6O12/c1-14-28(5)49(65)53-42-41-40(54-50(55-41)19-22-57(23-20-50)26-27(3)4)37-38(45(42)63)44(62)32(9)47-39(37)48(64)51(15-2,69-47)67-25-18-34(66-13)30(7)46(31(8)43(61)29(6)33(10)58)68-36(60)17-16-35(59)52-21-24-56(11)12/h14-15,18,25,27,29-31,33-34,43,46,58,61-63H,2,16-17,19-24,26H2,1,3-13H3,(H,52,59)(H,53,65)/b25-18+,28-14-/t29-,30-,31-,33+,34+,43-,46-,51+/m1/s1. The lowest BCUT2D eigenvalue weighted by Crippen LogP contribution is -2.45. The number of amides is 2. The van der Waals surface area contributed by atoms with Gasteiger partial charge in [0.25, 0.3) is 11.7 Å². The van der Waals surface area contributed by atoms with Gasteiger partial charge in [-0.05, 0) is 53.8 Å². The molecule has 2 aromatic carbocycles. The van der Waals surface area contributed by atoms with Crippen LogP contribution in [-0.2, 0) is 28.6 Å². The Balaban J connectivity index is 1.51. The Bertz CT molecular complexity index is 2460. The van der Waals surface area contributed by atoms with E-state index in [9.17, 15) is 39.6 Å². The molecule has 0 bridgehead atoms. The molecular formula is C51H74N6O12. The summed E-state index contributed by atoms with van der Waals surface area (Å²) < 4.78 is 24.4. The quantitative estimate of drug-likeness (QED) is 0.0319. The third-order valence-electron chi connectivity index (χ3n) is 13.7. The number of carbonyl (C=O) groups excluding carboxylic acids is 4. The number of esters is 1. The third-order valence-corrected chi connectivity index (χ3v) is 13.7. The fourth-order valence-electron chi connectivity index (χ4n) is 9.17. The molecule has 0 aliphatic carbocycles. The van der Waals surface area contributed by atoms with E-state index in [0.717, 1.165) is 6.54 Å². The van der Waals surface area contributed by atoms with Gasteiger partial charge in [0.15, 0.2) is 11.4 Å². The van der Waals surface area contributed by atoms with Gasteiger partial charge >= 0.3 is 11.8 Å². The van der Waals surface area contributed by atoms with Crippen molar-refractivity contribution in [3.63, 3.8) is 0 Å². The molecule has 3 aliphatic heterocycles. The van der Waals surface area contributed by atoms with E-state index in [4.69, 9.17) is 28.9 Å². The normalized spacial score (nSPS) is 20.9. The average molecular weight is 963 g/mol. The summed E-state index contributed by atoms with van der Waals surface area (Å²) >= 11 is 0. The van der Waals surface area contributed by atoms with Gasteiger partial charge < -0.3 is 59.8 Å². The van der Waals surface area contributed by atoms with Crippen molar-refractivity contribution in [2.24, 2.45) is 33.7 Å². The summed E-state index contributed by atoms with van der Waals surface area (Å²) in [6.45, 7) is 23.0. The van der Waals surface area contributed by atoms with Crippen LogP contribution in [0, 0.1) is 30.6 Å². The number of aliphatic hydroxyl groups is 2. The minimum Gasteiger partial charge on any atom is -0.507 e. The molecule has 1 spiro atoms. The van der Waals surface area contributed by atoms with Gasteiger partial charge in [-0.25, -0.2) is 0 Å². The highest BCUT2D eigenvalue weighted by atomic mass is 16.7. The first-order chi connectivity index (χ1) is 32.5. The first-order valence-corrected chi connectivity index (χ1v) is 23.9. The zero-order chi connectivity index (χ0) is 51.3. The smallest absolute Gasteiger partial charge is 0.336 e. The lowest BCUT2D eigenvalue weighted by Gasteiger charge is -2.37. The zero-order valence-corrected chi connectivity index (χ0v) is 42.3. The van der Waals surface area contributed by atoms with E-state index >= 15 is 0 Å². The lowest BCUT2D eigenvalue weighted by atomic mass is 9.80. The van der Waals surface area contributed by atoms with E-state index in [0.29, 0.717) is 50.5 Å². The first kappa shape index (κ1) is 54.5. The van der Waals surface area contributed by atoms with E-state index in [-0.39, 0.29) is 62.8 Å². The van der Waals surface area contributed by atoms with Gasteiger partial charge in [-0.15, -0.1) is 0 Å². The van der Waals surface area contributed by atoms with E-state index in [1.807, 2.05) is 19.0 Å². The summed E-state index contributed by atoms with van der Waals surface area (Å²) in [6.07, 6.45) is 2.34. The van der Waals surface area contributed by atoms with Crippen LogP contribution in [0.15, 0.2) is 46.6 Å². The van der Waals surface area contributed by atoms with Gasteiger partial charge in [-0.2, -0.15) is 0 Å². The summed E-state index contributed by atoms with van der Waals surface area (Å²) in [4.78, 5) is 68.7. The number of likely N-dealkylation sites (N-methyl/N-ethyl adjacent to an activating group) is 1. The van der Waals surface area contributed by atoms with Crippen LogP contribution in [0.4, 0.5) is 5.69 Å². The molecule has 0 unspecified atom stereocenters. The Labute approximate surface area is 405 Å². The fourth-order valence-corrected chi connectivity index (χ4v) is 9.17. The number of fused-ring (bicyclic) bond motifs is 5. The van der Waals surface area contributed by atoms with Crippen LogP contribution in [0.25, 0.3) is 10.8 Å². The molecule has 18 nitrogen and oxygen atoms in total. The molecule has 2 amide bonds. The number of phenolic OH excluding ortho intramolecular Hbond substituents is 2. The number of anilines is 1. The SMILES string of the molecule is C=C[C@]1(O/C=C/[C@H](OC)[C@@H](C)[C@@H](OC(=O)CCC(=O)NCCN(C)C)[C@H](C)[C@H](O)[C@H](C)[C@H](C)O)Oc2c(C)c(O)c3c(O)c(NC(=O)/C(C)=C\C)c4c(c3c2C1=O)=NC1(CCN(CC(C)C)CC1)N=4. The van der Waals surface area contributed by atoms with E-state index < -0.39 is 82.8 Å². The van der Waals surface area contributed by atoms with Gasteiger partial charge in [0.05, 0.1) is 47.3 Å². The molecule has 1 saturated heterocycles. The van der Waals surface area contributed by atoms with Crippen LogP contribution in [-0.4, -0.2) is 144 Å². The first-order valence-electron chi connectivity index (χ1n) is 23.9. The van der Waals surface area contributed by atoms with E-state index in [2.05, 4.69) is 36.0 Å². The molecule has 0 radical (unpaired) electrons. The van der Waals surface area contributed by atoms with Crippen LogP contribution in [0.5, 0.6) is 17.2 Å². The second-order valence-electron chi connectivity index (χ2n) is 19.5. The number of aromatic hydroxyl groups is 2. The van der Waals surface area contributed by atoms with Gasteiger partial charge in [-0.1, -0.05) is 47.3 Å². The number of ether oxygens (including phenoxy) is 4. The summed E-state index contributed by atoms with van der Waals surface area (Å²) in [5, 5.41) is 51.5. The van der Waals surface area contributed by atoms with Gasteiger partial charge in [0.2, 0.25) is 5.91 Å². The Morgan fingerprint density at radius 1 is 0.971 bits per heavy atom. The molecule has 3 heterocycles. The van der Waals surface area contributed by atoms with Crippen molar-refractivity contribution in [3.05, 3.63) is 58.5 Å². The number of phenols is 2. The number of ketones is 1. The topological polar surface area (TPSA) is 241 Å². The number of nitrogens with one attached hydrogen (secondary N) is 2. The number of nitrogens with zero attached hydrogens (tertiary/aromatic N) is 4. The number of likely N-dealkylation sites (tertiary alicyclic amines) is 1. The van der Waals surface area contributed by atoms with Crippen LogP contribution in [0.3, 0.4) is 0 Å². The average Bonchev–Trinajstić information content (AvgIpc) is 3.82. The molecule has 2 aromatic rings. The molecular weight excluding hydrogens is 889 g/mol. The maximum absolute atomic E-state index is 15.0. The Kier molecular flexibility index (Phi) is 17.8. The highest BCUT2D eigenvalue weighted by molar-refractivity contribution is 6.20. The van der Waals surface area contributed by atoms with Crippen molar-refractivity contribution >= 4 is 40.0 Å². The zero-order valence-electron chi connectivity index (χ0n) is 42.3. The molecule has 6 N–H and O–H groups in total. The van der Waals surface area contributed by atoms with Crippen molar-refractivity contribution in [1.82, 2.24) is 15.1 Å². The number of hydrogen-bond acceptors (Lipinski definition) is 16. The van der Waals surface area contributed by atoms with Gasteiger partial charge in [0.1, 0.15) is 28.6 Å². The summed E-state index contributed by atoms with van der Waals surface area (Å²) in [7, 11) is 5.19. The van der Waals surface area contributed by atoms with Crippen molar-refractivity contribution in [1.29, 1.82) is 0 Å². The predicted molar refractivity (Wildman–Crippen MR) is 260 cm³/mol. The minimum atomic E-state index is -2.20. The summed E-state index contributed by atoms with van der Waals surface area (Å²) in [5.41, 5.74) is -0.585. The summed E-state index contributed by atoms with van der Waals surface area (Å²) in [5.74, 6) is -6.90. The van der Waals surface area contributed by atoms with Crippen molar-refractivity contribution in [2.75, 3.05) is 59.2 Å². The van der Waals surface area contributed by atoms with Crippen molar-refractivity contribution < 1.29 is 58.6 Å². The van der Waals surface area contributed by atoms with Gasteiger partial charge in [-0.3, -0.25) is 29.2 Å².